The molecule has 12 heavy (non-hydrogen) atoms. The van der Waals surface area contributed by atoms with E-state index < -0.39 is 0 Å². The van der Waals surface area contributed by atoms with Gasteiger partial charge in [0.05, 0.1) is 6.61 Å². The Labute approximate surface area is 74.7 Å². The third kappa shape index (κ3) is 3.09. The number of hydrogen-bond donors (Lipinski definition) is 2. The van der Waals surface area contributed by atoms with Gasteiger partial charge in [0.15, 0.2) is 0 Å². The summed E-state index contributed by atoms with van der Waals surface area (Å²) in [5.41, 5.74) is 5.96. The lowest BCUT2D eigenvalue weighted by Gasteiger charge is -2.29. The lowest BCUT2D eigenvalue weighted by atomic mass is 9.91. The van der Waals surface area contributed by atoms with Crippen LogP contribution in [0.1, 0.15) is 25.7 Å². The molecule has 3 N–H and O–H groups in total. The van der Waals surface area contributed by atoms with Gasteiger partial charge in [0, 0.05) is 25.7 Å². The first-order chi connectivity index (χ1) is 5.84. The number of hydrogen-bond acceptors (Lipinski definition) is 3. The van der Waals surface area contributed by atoms with Gasteiger partial charge >= 0.3 is 0 Å². The Balaban J connectivity index is 2.11. The van der Waals surface area contributed by atoms with Crippen LogP contribution in [0.5, 0.6) is 0 Å². The van der Waals surface area contributed by atoms with Crippen molar-refractivity contribution in [2.24, 2.45) is 5.73 Å². The highest BCUT2D eigenvalue weighted by molar-refractivity contribution is 4.83. The second-order valence-electron chi connectivity index (χ2n) is 3.50. The Kier molecular flexibility index (Phi) is 4.58. The molecule has 0 unspecified atom stereocenters. The second-order valence-corrected chi connectivity index (χ2v) is 3.50. The van der Waals surface area contributed by atoms with E-state index in [1.807, 2.05) is 0 Å². The van der Waals surface area contributed by atoms with Crippen LogP contribution in [0.4, 0.5) is 0 Å². The molecule has 0 heterocycles. The van der Waals surface area contributed by atoms with Crippen molar-refractivity contribution in [1.29, 1.82) is 0 Å². The first-order valence-corrected chi connectivity index (χ1v) is 4.82. The molecule has 72 valence electrons. The summed E-state index contributed by atoms with van der Waals surface area (Å²) in [4.78, 5) is 0. The first kappa shape index (κ1) is 9.96. The summed E-state index contributed by atoms with van der Waals surface area (Å²) in [5, 5.41) is 3.42. The zero-order valence-corrected chi connectivity index (χ0v) is 7.88. The molecule has 0 saturated heterocycles. The van der Waals surface area contributed by atoms with Gasteiger partial charge in [-0.15, -0.1) is 0 Å². The SMILES string of the molecule is COCCN[C@@H]1CCCC[C@@H]1N. The minimum Gasteiger partial charge on any atom is -0.383 e. The summed E-state index contributed by atoms with van der Waals surface area (Å²) in [6, 6.07) is 0.879. The molecule has 0 aromatic carbocycles. The van der Waals surface area contributed by atoms with Crippen LogP contribution in [-0.2, 0) is 4.74 Å². The average molecular weight is 172 g/mol. The van der Waals surface area contributed by atoms with Gasteiger partial charge in [0.25, 0.3) is 0 Å². The van der Waals surface area contributed by atoms with Crippen molar-refractivity contribution in [3.63, 3.8) is 0 Å². The lowest BCUT2D eigenvalue weighted by Crippen LogP contribution is -2.47. The molecule has 0 aliphatic heterocycles. The van der Waals surface area contributed by atoms with E-state index in [0.29, 0.717) is 12.1 Å². The van der Waals surface area contributed by atoms with Crippen LogP contribution in [0.2, 0.25) is 0 Å². The quantitative estimate of drug-likeness (QED) is 0.607. The molecule has 1 saturated carbocycles. The van der Waals surface area contributed by atoms with Crippen molar-refractivity contribution >= 4 is 0 Å². The second kappa shape index (κ2) is 5.51. The van der Waals surface area contributed by atoms with Gasteiger partial charge in [-0.25, -0.2) is 0 Å². The third-order valence-corrected chi connectivity index (χ3v) is 2.53. The van der Waals surface area contributed by atoms with Gasteiger partial charge in [-0.05, 0) is 12.8 Å². The van der Waals surface area contributed by atoms with Crippen molar-refractivity contribution in [1.82, 2.24) is 5.32 Å². The molecule has 3 heteroatoms. The summed E-state index contributed by atoms with van der Waals surface area (Å²) >= 11 is 0. The van der Waals surface area contributed by atoms with Crippen molar-refractivity contribution in [3.05, 3.63) is 0 Å². The van der Waals surface area contributed by atoms with Crippen LogP contribution in [0.25, 0.3) is 0 Å². The lowest BCUT2D eigenvalue weighted by molar-refractivity contribution is 0.189. The van der Waals surface area contributed by atoms with Crippen molar-refractivity contribution in [2.45, 2.75) is 37.8 Å². The molecule has 0 spiro atoms. The van der Waals surface area contributed by atoms with E-state index in [0.717, 1.165) is 13.2 Å². The monoisotopic (exact) mass is 172 g/mol. The van der Waals surface area contributed by atoms with E-state index in [9.17, 15) is 0 Å². The van der Waals surface area contributed by atoms with Crippen molar-refractivity contribution in [3.8, 4) is 0 Å². The zero-order valence-electron chi connectivity index (χ0n) is 7.88. The van der Waals surface area contributed by atoms with E-state index in [1.165, 1.54) is 25.7 Å². The summed E-state index contributed by atoms with van der Waals surface area (Å²) in [5.74, 6) is 0. The molecule has 0 radical (unpaired) electrons. The minimum atomic E-state index is 0.357. The molecule has 2 atom stereocenters. The Morgan fingerprint density at radius 3 is 2.83 bits per heavy atom. The molecular formula is C9H20N2O. The Hall–Kier alpha value is -0.120. The van der Waals surface area contributed by atoms with E-state index in [-0.39, 0.29) is 0 Å². The topological polar surface area (TPSA) is 47.3 Å². The van der Waals surface area contributed by atoms with Gasteiger partial charge in [-0.1, -0.05) is 12.8 Å². The van der Waals surface area contributed by atoms with Gasteiger partial charge in [0.1, 0.15) is 0 Å². The van der Waals surface area contributed by atoms with Crippen LogP contribution in [0.3, 0.4) is 0 Å². The summed E-state index contributed by atoms with van der Waals surface area (Å²) in [6.45, 7) is 1.71. The predicted octanol–water partition coefficient (Wildman–Crippen LogP) is 0.492. The van der Waals surface area contributed by atoms with Crippen LogP contribution in [0, 0.1) is 0 Å². The van der Waals surface area contributed by atoms with Crippen molar-refractivity contribution in [2.75, 3.05) is 20.3 Å². The van der Waals surface area contributed by atoms with Crippen molar-refractivity contribution < 1.29 is 4.74 Å². The van der Waals surface area contributed by atoms with Crippen LogP contribution in [-0.4, -0.2) is 32.3 Å². The fourth-order valence-electron chi connectivity index (χ4n) is 1.76. The number of rotatable bonds is 4. The molecule has 0 aromatic rings. The molecule has 1 aliphatic carbocycles. The fraction of sp³-hybridized carbons (Fsp3) is 1.00. The summed E-state index contributed by atoms with van der Waals surface area (Å²) in [7, 11) is 1.72. The van der Waals surface area contributed by atoms with Gasteiger partial charge < -0.3 is 15.8 Å². The number of methoxy groups -OCH3 is 1. The number of nitrogens with one attached hydrogen (secondary N) is 1. The molecule has 1 aliphatic rings. The highest BCUT2D eigenvalue weighted by atomic mass is 16.5. The third-order valence-electron chi connectivity index (χ3n) is 2.53. The molecular weight excluding hydrogens is 152 g/mol. The highest BCUT2D eigenvalue weighted by Gasteiger charge is 2.20. The van der Waals surface area contributed by atoms with E-state index in [2.05, 4.69) is 5.32 Å². The normalized spacial score (nSPS) is 30.5. The minimum absolute atomic E-state index is 0.357. The maximum Gasteiger partial charge on any atom is 0.0587 e. The fourth-order valence-corrected chi connectivity index (χ4v) is 1.76. The molecule has 0 amide bonds. The van der Waals surface area contributed by atoms with Gasteiger partial charge in [-0.2, -0.15) is 0 Å². The molecule has 1 fully saturated rings. The smallest absolute Gasteiger partial charge is 0.0587 e. The molecule has 1 rings (SSSR count). The highest BCUT2D eigenvalue weighted by Crippen LogP contribution is 2.16. The Bertz CT molecular complexity index is 119. The largest absolute Gasteiger partial charge is 0.383 e. The number of nitrogens with two attached hydrogens (primary N) is 1. The average Bonchev–Trinajstić information content (AvgIpc) is 2.09. The Morgan fingerprint density at radius 2 is 2.17 bits per heavy atom. The zero-order chi connectivity index (χ0) is 8.81. The van der Waals surface area contributed by atoms with Gasteiger partial charge in [-0.3, -0.25) is 0 Å². The summed E-state index contributed by atoms with van der Waals surface area (Å²) in [6.07, 6.45) is 5.01. The maximum absolute atomic E-state index is 5.96. The molecule has 0 bridgehead atoms. The maximum atomic E-state index is 5.96. The predicted molar refractivity (Wildman–Crippen MR) is 50.1 cm³/mol. The van der Waals surface area contributed by atoms with Crippen LogP contribution >= 0.6 is 0 Å². The van der Waals surface area contributed by atoms with E-state index in [4.69, 9.17) is 10.5 Å². The van der Waals surface area contributed by atoms with Crippen LogP contribution in [0.15, 0.2) is 0 Å². The molecule has 3 nitrogen and oxygen atoms in total. The summed E-state index contributed by atoms with van der Waals surface area (Å²) < 4.78 is 4.96. The van der Waals surface area contributed by atoms with E-state index in [1.54, 1.807) is 7.11 Å². The Morgan fingerprint density at radius 1 is 1.42 bits per heavy atom. The molecule has 0 aromatic heterocycles. The first-order valence-electron chi connectivity index (χ1n) is 4.82. The van der Waals surface area contributed by atoms with E-state index >= 15 is 0 Å². The van der Waals surface area contributed by atoms with Gasteiger partial charge in [0.2, 0.25) is 0 Å². The van der Waals surface area contributed by atoms with Crippen LogP contribution < -0.4 is 11.1 Å². The number of ether oxygens (including phenoxy) is 1. The standard InChI is InChI=1S/C9H20N2O/c1-12-7-6-11-9-5-3-2-4-8(9)10/h8-9,11H,2-7,10H2,1H3/t8-,9+/m0/s1.